The molecule has 0 aliphatic carbocycles. The average Bonchev–Trinajstić information content (AvgIpc) is 4.27. The van der Waals surface area contributed by atoms with Gasteiger partial charge in [-0.15, -0.1) is 34.0 Å². The molecule has 79 heavy (non-hydrogen) atoms. The van der Waals surface area contributed by atoms with Crippen LogP contribution < -0.4 is 24.5 Å². The number of aryl methyl sites for hydroxylation is 6. The number of rotatable bonds is 1. The van der Waals surface area contributed by atoms with Gasteiger partial charge in [-0.1, -0.05) is 26.5 Å². The van der Waals surface area contributed by atoms with E-state index in [0.717, 1.165) is 41.1 Å². The molecule has 6 aromatic rings. The Morgan fingerprint density at radius 3 is 1.42 bits per heavy atom. The fourth-order valence-electron chi connectivity index (χ4n) is 7.56. The van der Waals surface area contributed by atoms with Crippen molar-refractivity contribution in [3.05, 3.63) is 134 Å². The van der Waals surface area contributed by atoms with Crippen molar-refractivity contribution < 1.29 is 34.0 Å². The number of piperazine rings is 1. The molecule has 5 saturated heterocycles. The van der Waals surface area contributed by atoms with Gasteiger partial charge in [0.2, 0.25) is 0 Å². The number of likely N-dealkylation sites (tertiary alicyclic amines) is 3. The summed E-state index contributed by atoms with van der Waals surface area (Å²) in [6.07, 6.45) is 24.0. The second-order valence-electron chi connectivity index (χ2n) is 21.1. The lowest BCUT2D eigenvalue weighted by Gasteiger charge is -2.26. The monoisotopic (exact) mass is 1150 g/mol. The van der Waals surface area contributed by atoms with E-state index in [1.54, 1.807) is 89.5 Å². The predicted molar refractivity (Wildman–Crippen MR) is 336 cm³/mol. The van der Waals surface area contributed by atoms with Crippen molar-refractivity contribution in [2.75, 3.05) is 141 Å². The fraction of sp³-hybridized carbons (Fsp3) is 0.623. The number of quaternary nitrogens is 5. The van der Waals surface area contributed by atoms with Crippen molar-refractivity contribution in [3.8, 4) is 0 Å². The topological polar surface area (TPSA) is 134 Å². The zero-order valence-corrected chi connectivity index (χ0v) is 53.4. The van der Waals surface area contributed by atoms with E-state index >= 15 is 0 Å². The third kappa shape index (κ3) is 48.4. The van der Waals surface area contributed by atoms with Gasteiger partial charge in [0.05, 0.1) is 117 Å². The van der Waals surface area contributed by atoms with Crippen LogP contribution in [0.1, 0.15) is 91.7 Å². The van der Waals surface area contributed by atoms with Gasteiger partial charge in [0.1, 0.15) is 25.7 Å². The van der Waals surface area contributed by atoms with E-state index in [4.69, 9.17) is 9.47 Å². The Morgan fingerprint density at radius 1 is 0.557 bits per heavy atom. The van der Waals surface area contributed by atoms with Gasteiger partial charge in [-0.05, 0) is 121 Å². The van der Waals surface area contributed by atoms with E-state index in [1.807, 2.05) is 82.4 Å². The Bertz CT molecular complexity index is 1860. The van der Waals surface area contributed by atoms with Crippen LogP contribution in [0.4, 0.5) is 0 Å². The number of nitrogens with zero attached hydrogens (tertiary/aromatic N) is 8. The molecule has 0 radical (unpaired) electrons. The summed E-state index contributed by atoms with van der Waals surface area (Å²) >= 11 is 5.07. The Morgan fingerprint density at radius 2 is 1.14 bits per heavy atom. The Hall–Kier alpha value is -4.05. The molecule has 446 valence electrons. The molecule has 5 N–H and O–H groups in total. The lowest BCUT2D eigenvalue weighted by molar-refractivity contribution is -0.888. The molecule has 5 fully saturated rings. The van der Waals surface area contributed by atoms with Crippen molar-refractivity contribution in [2.24, 2.45) is 5.92 Å². The van der Waals surface area contributed by atoms with Gasteiger partial charge in [0.25, 0.3) is 0 Å². The number of thiazole rings is 2. The van der Waals surface area contributed by atoms with Gasteiger partial charge in [0, 0.05) is 97.2 Å². The first kappa shape index (κ1) is 75.0. The minimum absolute atomic E-state index is 0. The maximum absolute atomic E-state index is 5.23. The third-order valence-corrected chi connectivity index (χ3v) is 15.4. The summed E-state index contributed by atoms with van der Waals surface area (Å²) in [5, 5.41) is 7.19. The first-order valence-electron chi connectivity index (χ1n) is 28.4. The summed E-state index contributed by atoms with van der Waals surface area (Å²) in [5.74, 6) is 0.999. The second kappa shape index (κ2) is 50.9. The molecule has 5 aliphatic rings. The second-order valence-corrected chi connectivity index (χ2v) is 24.1. The molecular formula is C61H112N13O2S3+5. The molecule has 0 atom stereocenters. The highest BCUT2D eigenvalue weighted by molar-refractivity contribution is 7.10. The summed E-state index contributed by atoms with van der Waals surface area (Å²) in [6.45, 7) is 31.9. The van der Waals surface area contributed by atoms with Crippen LogP contribution in [0.3, 0.4) is 0 Å². The van der Waals surface area contributed by atoms with Crippen molar-refractivity contribution >= 4 is 34.0 Å². The van der Waals surface area contributed by atoms with Gasteiger partial charge in [-0.3, -0.25) is 19.9 Å². The molecule has 0 spiro atoms. The molecule has 0 bridgehead atoms. The molecule has 11 rings (SSSR count). The predicted octanol–water partition coefficient (Wildman–Crippen LogP) is 4.46. The lowest BCUT2D eigenvalue weighted by atomic mass is 10.00. The Kier molecular flexibility index (Phi) is 48.3. The largest absolute Gasteiger partial charge is 0.381 e. The van der Waals surface area contributed by atoms with Crippen LogP contribution in [-0.2, 0) is 9.47 Å². The van der Waals surface area contributed by atoms with Crippen LogP contribution in [0.5, 0.6) is 0 Å². The van der Waals surface area contributed by atoms with Gasteiger partial charge < -0.3 is 34.0 Å². The average molecular weight is 1160 g/mol. The third-order valence-electron chi connectivity index (χ3n) is 13.1. The van der Waals surface area contributed by atoms with E-state index in [9.17, 15) is 0 Å². The van der Waals surface area contributed by atoms with Crippen LogP contribution in [0.15, 0.2) is 102 Å². The smallest absolute Gasteiger partial charge is 0.115 e. The molecule has 11 heterocycles. The van der Waals surface area contributed by atoms with Crippen molar-refractivity contribution in [2.45, 2.75) is 107 Å². The summed E-state index contributed by atoms with van der Waals surface area (Å²) < 4.78 is 10.3. The van der Waals surface area contributed by atoms with Crippen molar-refractivity contribution in [1.29, 1.82) is 0 Å². The lowest BCUT2D eigenvalue weighted by Crippen LogP contribution is -3.11. The summed E-state index contributed by atoms with van der Waals surface area (Å²) in [5.41, 5.74) is 6.26. The molecule has 0 amide bonds. The number of piperidine rings is 3. The van der Waals surface area contributed by atoms with Gasteiger partial charge >= 0.3 is 0 Å². The number of methoxy groups -OCH3 is 1. The standard InChI is InChI=1S/C7H15NO.C7H15N.C6H14N2.C6H7N.C6H13N.2C5H6N2.C5H11NO.C5H6S.2C4H5NS.CH4/c1-8-5-3-7(9-2)4-6-8;2*1-7-3-5-8(2)6-4-7;1-6-3-2-4-7-5-6;1-7-5-3-2-4-6-7;1-5-2-6-4-7-3-5;1-5-2-3-6-4-7-5;1-6-2-4-7-5-3-6;1-5-3-2-4-6-5;1-4-2-6-3-5-4;1-4-5-2-3-6-4;/h7H,3-6H2,1-2H3;7H,3-6H2,1-2H3;3-6H2,1-2H3;2-5H,1H3;2-6H2,1H3;2*2-4H,1H3;2-5H2,1H3;2-4H,1H3;2*2-3H,1H3;1H4/p+5. The Balaban J connectivity index is 0.000000848. The van der Waals surface area contributed by atoms with E-state index in [1.165, 1.54) is 147 Å². The first-order valence-corrected chi connectivity index (χ1v) is 31.1. The highest BCUT2D eigenvalue weighted by atomic mass is 32.1. The van der Waals surface area contributed by atoms with E-state index in [0.29, 0.717) is 6.10 Å². The molecule has 0 aromatic carbocycles. The van der Waals surface area contributed by atoms with Crippen molar-refractivity contribution in [1.82, 2.24) is 39.8 Å². The number of pyridine rings is 1. The summed E-state index contributed by atoms with van der Waals surface area (Å²) in [4.78, 5) is 39.0. The fourth-order valence-corrected chi connectivity index (χ4v) is 9.07. The summed E-state index contributed by atoms with van der Waals surface area (Å²) in [6, 6.07) is 9.97. The number of hydrogen-bond donors (Lipinski definition) is 5. The van der Waals surface area contributed by atoms with E-state index < -0.39 is 0 Å². The number of aromatic nitrogens is 7. The molecule has 6 aromatic heterocycles. The van der Waals surface area contributed by atoms with E-state index in [-0.39, 0.29) is 7.43 Å². The van der Waals surface area contributed by atoms with E-state index in [2.05, 4.69) is 113 Å². The van der Waals surface area contributed by atoms with Gasteiger partial charge in [0.15, 0.2) is 0 Å². The zero-order valence-electron chi connectivity index (χ0n) is 50.9. The maximum Gasteiger partial charge on any atom is 0.115 e. The minimum atomic E-state index is 0. The molecule has 0 unspecified atom stereocenters. The summed E-state index contributed by atoms with van der Waals surface area (Å²) in [7, 11) is 15.3. The van der Waals surface area contributed by atoms with Crippen LogP contribution >= 0.6 is 34.0 Å². The van der Waals surface area contributed by atoms with Crippen LogP contribution in [0.25, 0.3) is 0 Å². The quantitative estimate of drug-likeness (QED) is 0.161. The van der Waals surface area contributed by atoms with Gasteiger partial charge in [-0.25, -0.2) is 19.9 Å². The SMILES string of the molecule is C.CC1CC[NH+](C)CC1.CN1CC[NH+](C)CC1.COC1CC[NH+](C)CC1.C[NH+]1CCCCC1.C[NH+]1CCOCC1.Cc1cccnc1.Cc1cccs1.Cc1ccncn1.Cc1cncnc1.Cc1cscn1.Cc1nccs1. The molecular weight excluding hydrogens is 1040 g/mol. The molecule has 0 saturated carbocycles. The number of thiophene rings is 1. The minimum Gasteiger partial charge on any atom is -0.381 e. The number of nitrogens with one attached hydrogen (secondary N) is 5. The van der Waals surface area contributed by atoms with Crippen LogP contribution in [0, 0.1) is 47.5 Å². The van der Waals surface area contributed by atoms with Crippen LogP contribution in [-0.4, -0.2) is 187 Å². The van der Waals surface area contributed by atoms with Crippen LogP contribution in [0.2, 0.25) is 0 Å². The van der Waals surface area contributed by atoms with Crippen molar-refractivity contribution in [3.63, 3.8) is 0 Å². The maximum atomic E-state index is 5.23. The molecule has 5 aliphatic heterocycles. The molecule has 18 heteroatoms. The first-order chi connectivity index (χ1) is 37.6. The number of ether oxygens (including phenoxy) is 2. The highest BCUT2D eigenvalue weighted by Crippen LogP contribution is 2.06. The zero-order chi connectivity index (χ0) is 57.4. The number of likely N-dealkylation sites (N-methyl/N-ethyl adjacent to an activating group) is 3. The van der Waals surface area contributed by atoms with Gasteiger partial charge in [-0.2, -0.15) is 0 Å². The number of morpholine rings is 1. The highest BCUT2D eigenvalue weighted by Gasteiger charge is 2.18. The Labute approximate surface area is 493 Å². The molecule has 15 nitrogen and oxygen atoms in total. The normalized spacial score (nSPS) is 19.7. The number of hydrogen-bond acceptors (Lipinski definition) is 13.